The number of esters is 3. The second kappa shape index (κ2) is 58.8. The molecule has 0 bridgehead atoms. The van der Waals surface area contributed by atoms with Crippen LogP contribution in [0.4, 0.5) is 0 Å². The van der Waals surface area contributed by atoms with Gasteiger partial charge in [-0.1, -0.05) is 273 Å². The first-order valence-corrected chi connectivity index (χ1v) is 28.1. The Morgan fingerprint density at radius 1 is 0.288 bits per heavy atom. The summed E-state index contributed by atoms with van der Waals surface area (Å²) in [5.41, 5.74) is 0. The predicted molar refractivity (Wildman–Crippen MR) is 315 cm³/mol. The molecule has 0 amide bonds. The summed E-state index contributed by atoms with van der Waals surface area (Å²) in [6.45, 7) is 6.13. The molecule has 0 radical (unpaired) electrons. The molecular formula is C67H98O6. The lowest BCUT2D eigenvalue weighted by Crippen LogP contribution is -2.30. The molecule has 0 aliphatic heterocycles. The van der Waals surface area contributed by atoms with E-state index in [2.05, 4.69) is 81.5 Å². The van der Waals surface area contributed by atoms with Crippen LogP contribution in [0.2, 0.25) is 0 Å². The molecule has 6 nitrogen and oxygen atoms in total. The van der Waals surface area contributed by atoms with Gasteiger partial charge >= 0.3 is 17.9 Å². The molecular weight excluding hydrogens is 901 g/mol. The molecule has 73 heavy (non-hydrogen) atoms. The zero-order valence-electron chi connectivity index (χ0n) is 45.8. The van der Waals surface area contributed by atoms with Crippen molar-refractivity contribution in [2.45, 2.75) is 194 Å². The van der Waals surface area contributed by atoms with E-state index in [4.69, 9.17) is 14.2 Å². The molecule has 1 unspecified atom stereocenters. The van der Waals surface area contributed by atoms with Crippen molar-refractivity contribution in [3.63, 3.8) is 0 Å². The van der Waals surface area contributed by atoms with Crippen LogP contribution in [-0.4, -0.2) is 37.2 Å². The Bertz CT molecular complexity index is 1810. The Balaban J connectivity index is 4.63. The Morgan fingerprint density at radius 3 is 0.945 bits per heavy atom. The molecule has 0 aromatic carbocycles. The highest BCUT2D eigenvalue weighted by Crippen LogP contribution is 2.14. The van der Waals surface area contributed by atoms with Crippen molar-refractivity contribution >= 4 is 17.9 Å². The van der Waals surface area contributed by atoms with Crippen molar-refractivity contribution in [2.24, 2.45) is 0 Å². The zero-order chi connectivity index (χ0) is 52.9. The molecule has 0 aromatic heterocycles. The van der Waals surface area contributed by atoms with Crippen molar-refractivity contribution in [3.05, 3.63) is 194 Å². The molecule has 1 atom stereocenters. The highest BCUT2D eigenvalue weighted by molar-refractivity contribution is 5.71. The summed E-state index contributed by atoms with van der Waals surface area (Å²) < 4.78 is 16.8. The Labute approximate surface area is 446 Å². The van der Waals surface area contributed by atoms with Gasteiger partial charge in [0.1, 0.15) is 13.2 Å². The maximum atomic E-state index is 12.9. The van der Waals surface area contributed by atoms with E-state index in [0.717, 1.165) is 96.3 Å². The number of ether oxygens (including phenoxy) is 3. The number of hydrogen-bond donors (Lipinski definition) is 0. The van der Waals surface area contributed by atoms with Gasteiger partial charge in [0.15, 0.2) is 6.10 Å². The molecule has 402 valence electrons. The minimum Gasteiger partial charge on any atom is -0.462 e. The topological polar surface area (TPSA) is 78.9 Å². The number of carbonyl (C=O) groups is 3. The van der Waals surface area contributed by atoms with Crippen LogP contribution in [0.5, 0.6) is 0 Å². The van der Waals surface area contributed by atoms with Crippen molar-refractivity contribution < 1.29 is 28.6 Å². The third kappa shape index (κ3) is 57.0. The van der Waals surface area contributed by atoms with E-state index in [1.54, 1.807) is 0 Å². The highest BCUT2D eigenvalue weighted by atomic mass is 16.6. The summed E-state index contributed by atoms with van der Waals surface area (Å²) in [6.07, 6.45) is 89.8. The van der Waals surface area contributed by atoms with Gasteiger partial charge in [-0.2, -0.15) is 0 Å². The van der Waals surface area contributed by atoms with Crippen LogP contribution in [0.25, 0.3) is 0 Å². The molecule has 0 fully saturated rings. The lowest BCUT2D eigenvalue weighted by molar-refractivity contribution is -0.167. The van der Waals surface area contributed by atoms with E-state index in [0.29, 0.717) is 12.8 Å². The molecule has 0 aliphatic rings. The van der Waals surface area contributed by atoms with Crippen LogP contribution in [-0.2, 0) is 28.6 Å². The number of rotatable bonds is 47. The van der Waals surface area contributed by atoms with Crippen molar-refractivity contribution in [1.82, 2.24) is 0 Å². The van der Waals surface area contributed by atoms with Gasteiger partial charge in [-0.05, 0) is 89.9 Å². The summed E-state index contributed by atoms with van der Waals surface area (Å²) in [7, 11) is 0. The van der Waals surface area contributed by atoms with Gasteiger partial charge in [-0.25, -0.2) is 0 Å². The summed E-state index contributed by atoms with van der Waals surface area (Å²) in [4.78, 5) is 38.2. The van der Waals surface area contributed by atoms with E-state index >= 15 is 0 Å². The second-order valence-electron chi connectivity index (χ2n) is 17.7. The third-order valence-electron chi connectivity index (χ3n) is 10.9. The number of hydrogen-bond acceptors (Lipinski definition) is 6. The molecule has 0 heterocycles. The molecule has 0 N–H and O–H groups in total. The van der Waals surface area contributed by atoms with Gasteiger partial charge in [0, 0.05) is 19.3 Å². The molecule has 0 saturated heterocycles. The quantitative estimate of drug-likeness (QED) is 0.0199. The summed E-state index contributed by atoms with van der Waals surface area (Å²) in [5.74, 6) is -1.03. The van der Waals surface area contributed by atoms with Crippen molar-refractivity contribution in [2.75, 3.05) is 13.2 Å². The monoisotopic (exact) mass is 999 g/mol. The molecule has 0 aromatic rings. The summed E-state index contributed by atoms with van der Waals surface area (Å²) in [5, 5.41) is 0. The maximum absolute atomic E-state index is 12.9. The summed E-state index contributed by atoms with van der Waals surface area (Å²) >= 11 is 0. The molecule has 6 heteroatoms. The van der Waals surface area contributed by atoms with E-state index in [-0.39, 0.29) is 50.4 Å². The minimum absolute atomic E-state index is 0.130. The van der Waals surface area contributed by atoms with Gasteiger partial charge in [0.25, 0.3) is 0 Å². The number of allylic oxidation sites excluding steroid dienone is 32. The first-order valence-electron chi connectivity index (χ1n) is 28.1. The van der Waals surface area contributed by atoms with Gasteiger partial charge in [0.2, 0.25) is 0 Å². The second-order valence-corrected chi connectivity index (χ2v) is 17.7. The van der Waals surface area contributed by atoms with Gasteiger partial charge in [0.05, 0.1) is 0 Å². The van der Waals surface area contributed by atoms with Crippen LogP contribution in [0.15, 0.2) is 194 Å². The average molecular weight is 1000 g/mol. The van der Waals surface area contributed by atoms with Crippen molar-refractivity contribution in [3.8, 4) is 0 Å². The van der Waals surface area contributed by atoms with Gasteiger partial charge in [-0.3, -0.25) is 14.4 Å². The van der Waals surface area contributed by atoms with E-state index in [1.807, 2.05) is 134 Å². The Morgan fingerprint density at radius 2 is 0.562 bits per heavy atom. The predicted octanol–water partition coefficient (Wildman–Crippen LogP) is 19.1. The Kier molecular flexibility index (Phi) is 54.2. The fourth-order valence-electron chi connectivity index (χ4n) is 6.82. The summed E-state index contributed by atoms with van der Waals surface area (Å²) in [6, 6.07) is 0. The van der Waals surface area contributed by atoms with Crippen LogP contribution >= 0.6 is 0 Å². The lowest BCUT2D eigenvalue weighted by atomic mass is 10.1. The molecule has 0 rings (SSSR count). The largest absolute Gasteiger partial charge is 0.462 e. The van der Waals surface area contributed by atoms with Crippen LogP contribution in [0.1, 0.15) is 188 Å². The third-order valence-corrected chi connectivity index (χ3v) is 10.9. The minimum atomic E-state index is -0.833. The molecule has 0 saturated carbocycles. The zero-order valence-corrected chi connectivity index (χ0v) is 45.8. The van der Waals surface area contributed by atoms with Crippen LogP contribution < -0.4 is 0 Å². The van der Waals surface area contributed by atoms with Gasteiger partial charge in [-0.15, -0.1) is 0 Å². The fourth-order valence-corrected chi connectivity index (χ4v) is 6.82. The average Bonchev–Trinajstić information content (AvgIpc) is 3.39. The Hall–Kier alpha value is -5.75. The van der Waals surface area contributed by atoms with Crippen molar-refractivity contribution in [1.29, 1.82) is 0 Å². The normalized spacial score (nSPS) is 13.6. The van der Waals surface area contributed by atoms with E-state index in [1.165, 1.54) is 38.5 Å². The molecule has 0 spiro atoms. The smallest absolute Gasteiger partial charge is 0.306 e. The first-order chi connectivity index (χ1) is 36.0. The standard InChI is InChI=1S/C67H98O6/c1-4-7-10-13-16-19-22-25-28-31-33-36-39-42-45-48-51-54-57-60-66(69)72-63-64(62-71-65(68)59-56-53-50-47-44-41-38-35-30-27-24-21-18-15-12-9-6-3)73-67(70)61-58-55-52-49-46-43-40-37-34-32-29-26-23-20-17-14-11-8-5-2/h7-13,15-22,24-31,33,35-36,38-39,41-42,44-45,64H,4-6,14,23,32,34,37,40,43,46-63H2,1-3H3/b10-7-,11-8-,12-9-,16-13-,18-15-,20-17-,22-19-,24-21-,28-25-,29-26-,30-27-,33-31+,38-35+,39-36-,44-41-,45-42-. The number of unbranched alkanes of at least 4 members (excludes halogenated alkanes) is 15. The van der Waals surface area contributed by atoms with E-state index in [9.17, 15) is 14.4 Å². The van der Waals surface area contributed by atoms with Gasteiger partial charge < -0.3 is 14.2 Å². The van der Waals surface area contributed by atoms with Crippen LogP contribution in [0.3, 0.4) is 0 Å². The fraction of sp³-hybridized carbons (Fsp3) is 0.478. The SMILES string of the molecule is CC\C=C/C=C\C=C/C=C\C=C\C=C/C=C\CCCCCC(=O)OCC(COC(=O)CCCCC\C=C/C=C/C=C\C=C/C=C\C=C/CC)OC(=O)CCCCCCCCCCC/C=C\C/C=C\C/C=C\CC. The maximum Gasteiger partial charge on any atom is 0.306 e. The molecule has 0 aliphatic carbocycles. The number of carbonyl (C=O) groups excluding carboxylic acids is 3. The van der Waals surface area contributed by atoms with Crippen LogP contribution in [0, 0.1) is 0 Å². The lowest BCUT2D eigenvalue weighted by Gasteiger charge is -2.18. The van der Waals surface area contributed by atoms with E-state index < -0.39 is 6.10 Å². The highest BCUT2D eigenvalue weighted by Gasteiger charge is 2.19. The first kappa shape index (κ1) is 67.2.